The van der Waals surface area contributed by atoms with Crippen LogP contribution in [0, 0.1) is 11.8 Å². The molecule has 1 aromatic heterocycles. The highest BCUT2D eigenvalue weighted by Gasteiger charge is 2.12. The van der Waals surface area contributed by atoms with Crippen molar-refractivity contribution in [2.45, 2.75) is 0 Å². The Hall–Kier alpha value is -3.20. The molecule has 0 aliphatic heterocycles. The molecule has 6 heteroatoms. The normalized spacial score (nSPS) is 9.52. The van der Waals surface area contributed by atoms with E-state index in [0.29, 0.717) is 28.5 Å². The molecule has 0 amide bonds. The number of aromatic nitrogens is 1. The number of carboxylic acid groups (broad SMARTS) is 1. The zero-order valence-corrected chi connectivity index (χ0v) is 12.9. The van der Waals surface area contributed by atoms with Gasteiger partial charge in [-0.2, -0.15) is 0 Å². The lowest BCUT2D eigenvalue weighted by atomic mass is 10.1. The standard InChI is InChI=1S/C17H15NO5/c1-21-14-8-11(9-15(22-2)16(14)23-3)4-5-13-10-12(17(19)20)6-7-18-13/h6-10H,1-3H3,(H,19,20). The minimum atomic E-state index is -1.02. The van der Waals surface area contributed by atoms with Crippen molar-refractivity contribution in [1.29, 1.82) is 0 Å². The fourth-order valence-electron chi connectivity index (χ4n) is 1.92. The average Bonchev–Trinajstić information content (AvgIpc) is 2.59. The molecule has 118 valence electrons. The third-order valence-corrected chi connectivity index (χ3v) is 3.01. The Morgan fingerprint density at radius 3 is 2.22 bits per heavy atom. The summed E-state index contributed by atoms with van der Waals surface area (Å²) in [4.78, 5) is 15.0. The number of ether oxygens (including phenoxy) is 3. The minimum Gasteiger partial charge on any atom is -0.493 e. The molecule has 0 unspecified atom stereocenters. The first-order valence-corrected chi connectivity index (χ1v) is 6.60. The maximum Gasteiger partial charge on any atom is 0.335 e. The van der Waals surface area contributed by atoms with Gasteiger partial charge in [-0.25, -0.2) is 9.78 Å². The monoisotopic (exact) mass is 313 g/mol. The van der Waals surface area contributed by atoms with Crippen LogP contribution in [0.1, 0.15) is 21.6 Å². The smallest absolute Gasteiger partial charge is 0.335 e. The van der Waals surface area contributed by atoms with E-state index in [1.54, 1.807) is 12.1 Å². The van der Waals surface area contributed by atoms with Crippen molar-refractivity contribution in [3.8, 4) is 29.1 Å². The third-order valence-electron chi connectivity index (χ3n) is 3.01. The fraction of sp³-hybridized carbons (Fsp3) is 0.176. The van der Waals surface area contributed by atoms with E-state index in [0.717, 1.165) is 0 Å². The second-order valence-electron chi connectivity index (χ2n) is 4.40. The summed E-state index contributed by atoms with van der Waals surface area (Å²) in [7, 11) is 4.56. The number of benzene rings is 1. The molecule has 1 N–H and O–H groups in total. The van der Waals surface area contributed by atoms with E-state index in [1.807, 2.05) is 0 Å². The Kier molecular flexibility index (Phi) is 5.05. The van der Waals surface area contributed by atoms with Gasteiger partial charge in [0.2, 0.25) is 5.75 Å². The van der Waals surface area contributed by atoms with Gasteiger partial charge in [0.1, 0.15) is 5.69 Å². The molecule has 0 saturated carbocycles. The van der Waals surface area contributed by atoms with Crippen molar-refractivity contribution in [3.63, 3.8) is 0 Å². The molecule has 0 fully saturated rings. The Morgan fingerprint density at radius 1 is 1.04 bits per heavy atom. The predicted molar refractivity (Wildman–Crippen MR) is 83.3 cm³/mol. The maximum atomic E-state index is 10.9. The van der Waals surface area contributed by atoms with Gasteiger partial charge in [-0.15, -0.1) is 0 Å². The van der Waals surface area contributed by atoms with Gasteiger partial charge in [-0.05, 0) is 30.2 Å². The SMILES string of the molecule is COc1cc(C#Cc2cc(C(=O)O)ccn2)cc(OC)c1OC. The number of methoxy groups -OCH3 is 3. The predicted octanol–water partition coefficient (Wildman–Crippen LogP) is 2.21. The number of rotatable bonds is 4. The minimum absolute atomic E-state index is 0.134. The zero-order chi connectivity index (χ0) is 16.8. The van der Waals surface area contributed by atoms with Gasteiger partial charge in [0.25, 0.3) is 0 Å². The van der Waals surface area contributed by atoms with Crippen LogP contribution in [0.5, 0.6) is 17.2 Å². The maximum absolute atomic E-state index is 10.9. The molecule has 1 heterocycles. The van der Waals surface area contributed by atoms with Crippen molar-refractivity contribution in [3.05, 3.63) is 47.3 Å². The molecule has 0 atom stereocenters. The van der Waals surface area contributed by atoms with E-state index in [9.17, 15) is 4.79 Å². The highest BCUT2D eigenvalue weighted by molar-refractivity contribution is 5.87. The van der Waals surface area contributed by atoms with Crippen LogP contribution in [0.4, 0.5) is 0 Å². The lowest BCUT2D eigenvalue weighted by Gasteiger charge is -2.12. The van der Waals surface area contributed by atoms with Gasteiger partial charge in [0, 0.05) is 11.8 Å². The van der Waals surface area contributed by atoms with Gasteiger partial charge in [0.05, 0.1) is 26.9 Å². The summed E-state index contributed by atoms with van der Waals surface area (Å²) in [6.45, 7) is 0. The molecular weight excluding hydrogens is 298 g/mol. The largest absolute Gasteiger partial charge is 0.493 e. The summed E-state index contributed by atoms with van der Waals surface area (Å²) in [5.74, 6) is 6.16. The van der Waals surface area contributed by atoms with Gasteiger partial charge in [-0.3, -0.25) is 0 Å². The molecule has 0 saturated heterocycles. The fourth-order valence-corrected chi connectivity index (χ4v) is 1.92. The van der Waals surface area contributed by atoms with Crippen LogP contribution in [-0.4, -0.2) is 37.4 Å². The van der Waals surface area contributed by atoms with Gasteiger partial charge < -0.3 is 19.3 Å². The summed E-state index contributed by atoms with van der Waals surface area (Å²) < 4.78 is 15.8. The lowest BCUT2D eigenvalue weighted by molar-refractivity contribution is 0.0696. The van der Waals surface area contributed by atoms with E-state index in [4.69, 9.17) is 19.3 Å². The molecule has 0 spiro atoms. The van der Waals surface area contributed by atoms with Crippen LogP contribution in [0.25, 0.3) is 0 Å². The van der Waals surface area contributed by atoms with Crippen LogP contribution in [-0.2, 0) is 0 Å². The molecular formula is C17H15NO5. The summed E-state index contributed by atoms with van der Waals surface area (Å²) >= 11 is 0. The van der Waals surface area contributed by atoms with E-state index >= 15 is 0 Å². The molecule has 2 rings (SSSR count). The highest BCUT2D eigenvalue weighted by atomic mass is 16.5. The van der Waals surface area contributed by atoms with E-state index in [-0.39, 0.29) is 5.56 Å². The van der Waals surface area contributed by atoms with E-state index in [2.05, 4.69) is 16.8 Å². The Labute approximate surface area is 133 Å². The summed E-state index contributed by atoms with van der Waals surface area (Å²) in [5, 5.41) is 8.97. The van der Waals surface area contributed by atoms with Gasteiger partial charge in [-0.1, -0.05) is 5.92 Å². The summed E-state index contributed by atoms with van der Waals surface area (Å²) in [5.41, 5.74) is 1.12. The topological polar surface area (TPSA) is 77.9 Å². The molecule has 0 bridgehead atoms. The first kappa shape index (κ1) is 16.2. The molecule has 0 aliphatic rings. The number of nitrogens with zero attached hydrogens (tertiary/aromatic N) is 1. The number of hydrogen-bond donors (Lipinski definition) is 1. The van der Waals surface area contributed by atoms with Crippen LogP contribution in [0.3, 0.4) is 0 Å². The first-order chi connectivity index (χ1) is 11.1. The van der Waals surface area contributed by atoms with Crippen molar-refractivity contribution in [2.24, 2.45) is 0 Å². The second kappa shape index (κ2) is 7.18. The Morgan fingerprint density at radius 2 is 1.70 bits per heavy atom. The third kappa shape index (κ3) is 3.71. The van der Waals surface area contributed by atoms with Crippen LogP contribution in [0.2, 0.25) is 0 Å². The van der Waals surface area contributed by atoms with Crippen LogP contribution in [0.15, 0.2) is 30.5 Å². The molecule has 2 aromatic rings. The van der Waals surface area contributed by atoms with Gasteiger partial charge in [0.15, 0.2) is 11.5 Å². The highest BCUT2D eigenvalue weighted by Crippen LogP contribution is 2.37. The molecule has 0 aliphatic carbocycles. The number of carboxylic acids is 1. The van der Waals surface area contributed by atoms with E-state index < -0.39 is 5.97 Å². The number of hydrogen-bond acceptors (Lipinski definition) is 5. The Bertz CT molecular complexity index is 764. The van der Waals surface area contributed by atoms with Crippen molar-refractivity contribution >= 4 is 5.97 Å². The first-order valence-electron chi connectivity index (χ1n) is 6.60. The van der Waals surface area contributed by atoms with Crippen molar-refractivity contribution < 1.29 is 24.1 Å². The Balaban J connectivity index is 2.41. The van der Waals surface area contributed by atoms with Crippen LogP contribution < -0.4 is 14.2 Å². The average molecular weight is 313 g/mol. The van der Waals surface area contributed by atoms with Crippen LogP contribution >= 0.6 is 0 Å². The molecule has 1 aromatic carbocycles. The number of carbonyl (C=O) groups is 1. The number of pyridine rings is 1. The summed E-state index contributed by atoms with van der Waals surface area (Å²) in [6.07, 6.45) is 1.41. The summed E-state index contributed by atoms with van der Waals surface area (Å²) in [6, 6.07) is 6.23. The zero-order valence-electron chi connectivity index (χ0n) is 12.9. The van der Waals surface area contributed by atoms with Crippen molar-refractivity contribution in [2.75, 3.05) is 21.3 Å². The lowest BCUT2D eigenvalue weighted by Crippen LogP contribution is -1.97. The second-order valence-corrected chi connectivity index (χ2v) is 4.40. The molecule has 6 nitrogen and oxygen atoms in total. The number of aromatic carboxylic acids is 1. The van der Waals surface area contributed by atoms with E-state index in [1.165, 1.54) is 39.7 Å². The van der Waals surface area contributed by atoms with Gasteiger partial charge >= 0.3 is 5.97 Å². The van der Waals surface area contributed by atoms with Crippen molar-refractivity contribution in [1.82, 2.24) is 4.98 Å². The molecule has 0 radical (unpaired) electrons. The molecule has 23 heavy (non-hydrogen) atoms. The quantitative estimate of drug-likeness (QED) is 0.872.